The molecule has 1 aromatic rings. The van der Waals surface area contributed by atoms with E-state index < -0.39 is 29.8 Å². The maximum Gasteiger partial charge on any atom is 0.410 e. The van der Waals surface area contributed by atoms with Gasteiger partial charge >= 0.3 is 12.1 Å². The third kappa shape index (κ3) is 2.24. The molecule has 28 heavy (non-hydrogen) atoms. The number of anilines is 1. The molecule has 3 aliphatic rings. The first-order valence-corrected chi connectivity index (χ1v) is 8.61. The topological polar surface area (TPSA) is 104 Å². The number of rotatable bonds is 4. The van der Waals surface area contributed by atoms with Gasteiger partial charge in [0.25, 0.3) is 0 Å². The molecule has 1 amide bonds. The summed E-state index contributed by atoms with van der Waals surface area (Å²) in [6, 6.07) is 2.33. The van der Waals surface area contributed by atoms with Crippen molar-refractivity contribution < 1.29 is 38.2 Å². The van der Waals surface area contributed by atoms with Crippen LogP contribution in [0.5, 0.6) is 5.75 Å². The molecule has 0 aromatic heterocycles. The zero-order valence-corrected chi connectivity index (χ0v) is 15.8. The maximum atomic E-state index is 12.2. The zero-order chi connectivity index (χ0) is 20.2. The van der Waals surface area contributed by atoms with Crippen LogP contribution in [0.25, 0.3) is 0 Å². The zero-order valence-electron chi connectivity index (χ0n) is 15.8. The largest absolute Gasteiger partial charge is 0.496 e. The van der Waals surface area contributed by atoms with Crippen LogP contribution >= 0.6 is 0 Å². The number of amides is 1. The van der Waals surface area contributed by atoms with Crippen LogP contribution in [0.3, 0.4) is 0 Å². The molecule has 2 fully saturated rings. The summed E-state index contributed by atoms with van der Waals surface area (Å²) in [4.78, 5) is 43.9. The lowest BCUT2D eigenvalue weighted by atomic mass is 9.83. The van der Waals surface area contributed by atoms with E-state index in [4.69, 9.17) is 23.8 Å². The number of methoxy groups -OCH3 is 4. The number of benzene rings is 1. The second kappa shape index (κ2) is 6.35. The Hall–Kier alpha value is -2.85. The number of nitrogens with zero attached hydrogens (tertiary/aromatic N) is 2. The summed E-state index contributed by atoms with van der Waals surface area (Å²) in [6.45, 7) is 0.317. The third-order valence-corrected chi connectivity index (χ3v) is 5.56. The van der Waals surface area contributed by atoms with E-state index in [-0.39, 0.29) is 11.6 Å². The molecule has 4 rings (SSSR count). The molecule has 150 valence electrons. The Morgan fingerprint density at radius 3 is 2.54 bits per heavy atom. The van der Waals surface area contributed by atoms with Crippen molar-refractivity contribution in [3.05, 3.63) is 23.3 Å². The number of hydroxylamine groups is 1. The van der Waals surface area contributed by atoms with Crippen LogP contribution in [0.4, 0.5) is 10.5 Å². The second-order valence-corrected chi connectivity index (χ2v) is 6.68. The molecule has 1 aromatic carbocycles. The van der Waals surface area contributed by atoms with Gasteiger partial charge in [-0.05, 0) is 12.1 Å². The van der Waals surface area contributed by atoms with Crippen LogP contribution in [0.15, 0.2) is 12.1 Å². The molecule has 2 saturated heterocycles. The minimum atomic E-state index is -1.42. The molecule has 3 heterocycles. The summed E-state index contributed by atoms with van der Waals surface area (Å²) < 4.78 is 20.8. The smallest absolute Gasteiger partial charge is 0.410 e. The van der Waals surface area contributed by atoms with E-state index in [1.807, 2.05) is 0 Å². The molecule has 10 nitrogen and oxygen atoms in total. The number of ether oxygens (including phenoxy) is 4. The van der Waals surface area contributed by atoms with Gasteiger partial charge in [-0.2, -0.15) is 0 Å². The summed E-state index contributed by atoms with van der Waals surface area (Å²) in [5, 5.41) is 1.53. The van der Waals surface area contributed by atoms with Gasteiger partial charge < -0.3 is 23.7 Å². The Labute approximate surface area is 160 Å². The number of esters is 1. The fourth-order valence-electron chi connectivity index (χ4n) is 4.29. The van der Waals surface area contributed by atoms with E-state index in [0.29, 0.717) is 29.8 Å². The molecule has 0 radical (unpaired) electrons. The van der Waals surface area contributed by atoms with Crippen molar-refractivity contribution in [1.82, 2.24) is 4.90 Å². The average molecular weight is 392 g/mol. The Kier molecular flexibility index (Phi) is 4.20. The number of carbonyl (C=O) groups excluding carboxylic acids is 3. The first-order chi connectivity index (χ1) is 13.5. The second-order valence-electron chi connectivity index (χ2n) is 6.68. The van der Waals surface area contributed by atoms with E-state index >= 15 is 0 Å². The summed E-state index contributed by atoms with van der Waals surface area (Å²) in [7, 11) is 5.43. The van der Waals surface area contributed by atoms with Gasteiger partial charge in [-0.25, -0.2) is 19.5 Å². The molecule has 4 atom stereocenters. The van der Waals surface area contributed by atoms with E-state index in [1.54, 1.807) is 6.07 Å². The fourth-order valence-corrected chi connectivity index (χ4v) is 4.29. The molecular formula is C18H20N2O8. The van der Waals surface area contributed by atoms with Crippen molar-refractivity contribution in [2.24, 2.45) is 0 Å². The maximum absolute atomic E-state index is 12.2. The molecule has 3 aliphatic heterocycles. The quantitative estimate of drug-likeness (QED) is 0.416. The van der Waals surface area contributed by atoms with Gasteiger partial charge in [0, 0.05) is 12.7 Å². The van der Waals surface area contributed by atoms with Gasteiger partial charge in [-0.15, -0.1) is 0 Å². The van der Waals surface area contributed by atoms with Gasteiger partial charge in [-0.3, -0.25) is 4.90 Å². The Morgan fingerprint density at radius 1 is 1.21 bits per heavy atom. The summed E-state index contributed by atoms with van der Waals surface area (Å²) >= 11 is 0. The molecule has 0 aliphatic carbocycles. The monoisotopic (exact) mass is 392 g/mol. The van der Waals surface area contributed by atoms with Crippen molar-refractivity contribution >= 4 is 24.0 Å². The van der Waals surface area contributed by atoms with Gasteiger partial charge in [0.05, 0.1) is 45.2 Å². The molecule has 0 spiro atoms. The lowest BCUT2D eigenvalue weighted by Gasteiger charge is -2.48. The van der Waals surface area contributed by atoms with Crippen LogP contribution < -0.4 is 9.80 Å². The fraction of sp³-hybridized carbons (Fsp3) is 0.500. The molecule has 0 saturated carbocycles. The van der Waals surface area contributed by atoms with Crippen molar-refractivity contribution in [2.75, 3.05) is 40.0 Å². The summed E-state index contributed by atoms with van der Waals surface area (Å²) in [5.74, 6) is -2.54. The first-order valence-electron chi connectivity index (χ1n) is 8.61. The van der Waals surface area contributed by atoms with Crippen molar-refractivity contribution in [2.45, 2.75) is 23.8 Å². The lowest BCUT2D eigenvalue weighted by molar-refractivity contribution is -0.256. The predicted molar refractivity (Wildman–Crippen MR) is 93.1 cm³/mol. The van der Waals surface area contributed by atoms with Gasteiger partial charge in [0.1, 0.15) is 24.0 Å². The van der Waals surface area contributed by atoms with E-state index in [0.717, 1.165) is 0 Å². The number of aldehydes is 1. The van der Waals surface area contributed by atoms with Crippen LogP contribution in [-0.2, 0) is 23.8 Å². The predicted octanol–water partition coefficient (Wildman–Crippen LogP) is 0.691. The van der Waals surface area contributed by atoms with Crippen LogP contribution in [0.2, 0.25) is 0 Å². The van der Waals surface area contributed by atoms with E-state index in [1.165, 1.54) is 44.5 Å². The minimum Gasteiger partial charge on any atom is -0.496 e. The average Bonchev–Trinajstić information content (AvgIpc) is 3.47. The lowest BCUT2D eigenvalue weighted by Crippen LogP contribution is -2.60. The van der Waals surface area contributed by atoms with Gasteiger partial charge in [0.15, 0.2) is 0 Å². The number of hydrogen-bond donors (Lipinski definition) is 0. The van der Waals surface area contributed by atoms with Gasteiger partial charge in [0.2, 0.25) is 5.79 Å². The van der Waals surface area contributed by atoms with Crippen molar-refractivity contribution in [1.29, 1.82) is 0 Å². The highest BCUT2D eigenvalue weighted by molar-refractivity contribution is 5.93. The van der Waals surface area contributed by atoms with E-state index in [2.05, 4.69) is 0 Å². The van der Waals surface area contributed by atoms with Crippen LogP contribution in [0, 0.1) is 0 Å². The van der Waals surface area contributed by atoms with Gasteiger partial charge in [-0.1, -0.05) is 0 Å². The molecule has 0 unspecified atom stereocenters. The Bertz CT molecular complexity index is 858. The number of fused-ring (bicyclic) bond motifs is 6. The Balaban J connectivity index is 1.89. The third-order valence-electron chi connectivity index (χ3n) is 5.56. The first kappa shape index (κ1) is 18.5. The Morgan fingerprint density at radius 2 is 1.96 bits per heavy atom. The molecule has 0 N–H and O–H groups in total. The summed E-state index contributed by atoms with van der Waals surface area (Å²) in [5.41, 5.74) is 1.26. The highest BCUT2D eigenvalue weighted by Crippen LogP contribution is 2.57. The molecule has 10 heteroatoms. The molecule has 2 bridgehead atoms. The highest BCUT2D eigenvalue weighted by atomic mass is 16.8. The number of carbonyl (C=O) groups is 3. The standard InChI is InChI=1S/C18H20N2O8/c1-24-13-6-9(16(22)25-2)5-11-14(13)10(8-21)18(27-4)15-12(7-19(11)28-18)20(15)17(23)26-3/h5-6,8,10,12,15H,7H2,1-4H3/t10-,12+,15+,18-,20?/m0/s1. The van der Waals surface area contributed by atoms with Crippen molar-refractivity contribution in [3.63, 3.8) is 0 Å². The SMILES string of the molecule is COC(=O)c1cc(OC)c2c(c1)N1C[C@@H]3[C@@H](N3C(=O)OC)[C@@](OC)(O1)[C@H]2C=O. The molecular weight excluding hydrogens is 372 g/mol. The van der Waals surface area contributed by atoms with Crippen molar-refractivity contribution in [3.8, 4) is 5.75 Å². The normalized spacial score (nSPS) is 29.4. The minimum absolute atomic E-state index is 0.249. The van der Waals surface area contributed by atoms with E-state index in [9.17, 15) is 14.4 Å². The van der Waals surface area contributed by atoms with Crippen LogP contribution in [-0.4, -0.2) is 76.1 Å². The highest BCUT2D eigenvalue weighted by Gasteiger charge is 2.73. The number of hydrogen-bond acceptors (Lipinski definition) is 9. The summed E-state index contributed by atoms with van der Waals surface area (Å²) in [6.07, 6.45) is 0.176. The van der Waals surface area contributed by atoms with Crippen LogP contribution in [0.1, 0.15) is 21.8 Å².